The molecule has 2 fully saturated rings. The summed E-state index contributed by atoms with van der Waals surface area (Å²) in [5.74, 6) is -1.60. The van der Waals surface area contributed by atoms with E-state index in [1.54, 1.807) is 11.0 Å². The van der Waals surface area contributed by atoms with Crippen LogP contribution in [0.1, 0.15) is 31.7 Å². The molecule has 136 valence electrons. The number of carbonyl (C=O) groups is 2. The van der Waals surface area contributed by atoms with Crippen LogP contribution in [-0.4, -0.2) is 41.6 Å². The van der Waals surface area contributed by atoms with Gasteiger partial charge in [0.05, 0.1) is 5.92 Å². The van der Waals surface area contributed by atoms with E-state index in [9.17, 15) is 19.1 Å². The lowest BCUT2D eigenvalue weighted by atomic mass is 9.90. The van der Waals surface area contributed by atoms with Gasteiger partial charge in [-0.25, -0.2) is 9.18 Å². The Kier molecular flexibility index (Phi) is 4.91. The monoisotopic (exact) mass is 368 g/mol. The van der Waals surface area contributed by atoms with Gasteiger partial charge < -0.3 is 15.3 Å². The quantitative estimate of drug-likeness (QED) is 0.857. The Balaban J connectivity index is 1.63. The van der Waals surface area contributed by atoms with Crippen molar-refractivity contribution in [2.24, 2.45) is 11.8 Å². The minimum Gasteiger partial charge on any atom is -0.481 e. The summed E-state index contributed by atoms with van der Waals surface area (Å²) in [6.45, 7) is 3.16. The number of urea groups is 1. The highest BCUT2D eigenvalue weighted by molar-refractivity contribution is 6.31. The smallest absolute Gasteiger partial charge is 0.317 e. The minimum atomic E-state index is -0.860. The van der Waals surface area contributed by atoms with Crippen molar-refractivity contribution in [1.29, 1.82) is 0 Å². The number of amides is 2. The first kappa shape index (κ1) is 18.0. The Hall–Kier alpha value is -1.82. The van der Waals surface area contributed by atoms with E-state index in [4.69, 9.17) is 11.6 Å². The molecule has 1 aromatic rings. The summed E-state index contributed by atoms with van der Waals surface area (Å²) in [6, 6.07) is 4.11. The number of carboxylic acid groups (broad SMARTS) is 1. The third-order valence-electron chi connectivity index (χ3n) is 5.23. The van der Waals surface area contributed by atoms with E-state index in [0.29, 0.717) is 24.5 Å². The van der Waals surface area contributed by atoms with Crippen molar-refractivity contribution in [2.45, 2.75) is 31.6 Å². The summed E-state index contributed by atoms with van der Waals surface area (Å²) in [5.41, 5.74) is 0.611. The van der Waals surface area contributed by atoms with Crippen LogP contribution in [0.4, 0.5) is 9.18 Å². The summed E-state index contributed by atoms with van der Waals surface area (Å²) < 4.78 is 13.2. The lowest BCUT2D eigenvalue weighted by molar-refractivity contribution is -0.143. The molecular weight excluding hydrogens is 347 g/mol. The van der Waals surface area contributed by atoms with Gasteiger partial charge in [-0.3, -0.25) is 4.79 Å². The van der Waals surface area contributed by atoms with Crippen molar-refractivity contribution in [3.63, 3.8) is 0 Å². The number of piperidine rings is 1. The van der Waals surface area contributed by atoms with E-state index in [1.165, 1.54) is 12.1 Å². The third-order valence-corrected chi connectivity index (χ3v) is 5.54. The van der Waals surface area contributed by atoms with E-state index in [2.05, 4.69) is 5.32 Å². The Morgan fingerprint density at radius 1 is 1.40 bits per heavy atom. The van der Waals surface area contributed by atoms with Crippen molar-refractivity contribution < 1.29 is 19.1 Å². The van der Waals surface area contributed by atoms with Gasteiger partial charge in [0.1, 0.15) is 5.82 Å². The zero-order valence-electron chi connectivity index (χ0n) is 14.1. The summed E-state index contributed by atoms with van der Waals surface area (Å²) >= 11 is 6.16. The van der Waals surface area contributed by atoms with Crippen LogP contribution in [0, 0.1) is 17.7 Å². The maximum Gasteiger partial charge on any atom is 0.317 e. The fourth-order valence-corrected chi connectivity index (χ4v) is 4.03. The van der Waals surface area contributed by atoms with Gasteiger partial charge in [-0.1, -0.05) is 24.6 Å². The van der Waals surface area contributed by atoms with Gasteiger partial charge in [-0.05, 0) is 42.9 Å². The van der Waals surface area contributed by atoms with Crippen LogP contribution in [0.15, 0.2) is 18.2 Å². The molecule has 1 aliphatic heterocycles. The summed E-state index contributed by atoms with van der Waals surface area (Å²) in [6.07, 6.45) is 2.35. The maximum atomic E-state index is 13.2. The molecular formula is C18H22ClFN2O3. The minimum absolute atomic E-state index is 0.155. The molecule has 2 unspecified atom stereocenters. The van der Waals surface area contributed by atoms with Crippen molar-refractivity contribution in [1.82, 2.24) is 10.2 Å². The van der Waals surface area contributed by atoms with Crippen LogP contribution in [0.25, 0.3) is 0 Å². The predicted molar refractivity (Wildman–Crippen MR) is 92.2 cm³/mol. The molecule has 0 bridgehead atoms. The number of carbonyl (C=O) groups excluding carboxylic acids is 1. The molecule has 1 heterocycles. The SMILES string of the molecule is CC1CC(C(=O)O)CN(C(=O)NCC2(c3ccc(F)cc3Cl)CC2)C1. The molecule has 3 rings (SSSR count). The Bertz CT molecular complexity index is 693. The zero-order valence-corrected chi connectivity index (χ0v) is 14.9. The maximum absolute atomic E-state index is 13.2. The molecule has 5 nitrogen and oxygen atoms in total. The molecule has 0 spiro atoms. The van der Waals surface area contributed by atoms with Crippen LogP contribution in [-0.2, 0) is 10.2 Å². The molecule has 1 saturated heterocycles. The van der Waals surface area contributed by atoms with Gasteiger partial charge in [0.25, 0.3) is 0 Å². The number of hydrogen-bond acceptors (Lipinski definition) is 2. The van der Waals surface area contributed by atoms with Crippen LogP contribution in [0.2, 0.25) is 5.02 Å². The predicted octanol–water partition coefficient (Wildman–Crippen LogP) is 3.26. The first-order valence-corrected chi connectivity index (χ1v) is 8.90. The van der Waals surface area contributed by atoms with Crippen molar-refractivity contribution >= 4 is 23.6 Å². The first-order chi connectivity index (χ1) is 11.8. The molecule has 0 radical (unpaired) electrons. The summed E-state index contributed by atoms with van der Waals surface area (Å²) in [5, 5.41) is 12.5. The average Bonchev–Trinajstić information content (AvgIpc) is 3.32. The lowest BCUT2D eigenvalue weighted by Gasteiger charge is -2.35. The van der Waals surface area contributed by atoms with Gasteiger partial charge in [-0.15, -0.1) is 0 Å². The number of rotatable bonds is 4. The molecule has 1 saturated carbocycles. The largest absolute Gasteiger partial charge is 0.481 e. The Morgan fingerprint density at radius 2 is 2.12 bits per heavy atom. The van der Waals surface area contributed by atoms with Crippen LogP contribution in [0.5, 0.6) is 0 Å². The van der Waals surface area contributed by atoms with Crippen LogP contribution < -0.4 is 5.32 Å². The third kappa shape index (κ3) is 3.89. The lowest BCUT2D eigenvalue weighted by Crippen LogP contribution is -2.50. The standard InChI is InChI=1S/C18H22ClFN2O3/c1-11-6-12(16(23)24)9-22(8-11)17(25)21-10-18(4-5-18)14-3-2-13(20)7-15(14)19/h2-3,7,11-12H,4-6,8-10H2,1H3,(H,21,25)(H,23,24). The number of benzene rings is 1. The van der Waals surface area contributed by atoms with E-state index in [0.717, 1.165) is 18.4 Å². The Labute approximate surface area is 151 Å². The van der Waals surface area contributed by atoms with Gasteiger partial charge >= 0.3 is 12.0 Å². The molecule has 0 aromatic heterocycles. The summed E-state index contributed by atoms with van der Waals surface area (Å²) in [7, 11) is 0. The van der Waals surface area contributed by atoms with E-state index < -0.39 is 11.9 Å². The van der Waals surface area contributed by atoms with Crippen molar-refractivity contribution in [3.05, 3.63) is 34.6 Å². The second kappa shape index (κ2) is 6.83. The van der Waals surface area contributed by atoms with Crippen molar-refractivity contribution in [3.8, 4) is 0 Å². The first-order valence-electron chi connectivity index (χ1n) is 8.52. The second-order valence-electron chi connectivity index (χ2n) is 7.34. The van der Waals surface area contributed by atoms with E-state index >= 15 is 0 Å². The molecule has 25 heavy (non-hydrogen) atoms. The fraction of sp³-hybridized carbons (Fsp3) is 0.556. The van der Waals surface area contributed by atoms with Gasteiger partial charge in [0, 0.05) is 30.1 Å². The molecule has 2 aliphatic rings. The second-order valence-corrected chi connectivity index (χ2v) is 7.75. The normalized spacial score (nSPS) is 24.7. The number of halogens is 2. The van der Waals surface area contributed by atoms with Gasteiger partial charge in [0.2, 0.25) is 0 Å². The highest BCUT2D eigenvalue weighted by Crippen LogP contribution is 2.50. The summed E-state index contributed by atoms with van der Waals surface area (Å²) in [4.78, 5) is 25.3. The molecule has 2 atom stereocenters. The van der Waals surface area contributed by atoms with Crippen LogP contribution >= 0.6 is 11.6 Å². The van der Waals surface area contributed by atoms with Gasteiger partial charge in [0.15, 0.2) is 0 Å². The van der Waals surface area contributed by atoms with Gasteiger partial charge in [-0.2, -0.15) is 0 Å². The van der Waals surface area contributed by atoms with Crippen molar-refractivity contribution in [2.75, 3.05) is 19.6 Å². The fourth-order valence-electron chi connectivity index (χ4n) is 3.66. The molecule has 2 N–H and O–H groups in total. The number of aliphatic carboxylic acids is 1. The molecule has 2 amide bonds. The zero-order chi connectivity index (χ0) is 18.2. The molecule has 7 heteroatoms. The highest BCUT2D eigenvalue weighted by atomic mass is 35.5. The molecule has 1 aliphatic carbocycles. The van der Waals surface area contributed by atoms with Crippen LogP contribution in [0.3, 0.4) is 0 Å². The van der Waals surface area contributed by atoms with E-state index in [-0.39, 0.29) is 29.7 Å². The number of nitrogens with one attached hydrogen (secondary N) is 1. The number of nitrogens with zero attached hydrogens (tertiary/aromatic N) is 1. The van der Waals surface area contributed by atoms with E-state index in [1.807, 2.05) is 6.92 Å². The average molecular weight is 369 g/mol. The molecule has 1 aromatic carbocycles. The Morgan fingerprint density at radius 3 is 2.72 bits per heavy atom. The topological polar surface area (TPSA) is 69.6 Å². The number of hydrogen-bond donors (Lipinski definition) is 2. The number of carboxylic acids is 1. The number of likely N-dealkylation sites (tertiary alicyclic amines) is 1. The highest BCUT2D eigenvalue weighted by Gasteiger charge is 2.46.